The van der Waals surface area contributed by atoms with E-state index in [-0.39, 0.29) is 42.4 Å². The minimum Gasteiger partial charge on any atom is -0.457 e. The van der Waals surface area contributed by atoms with E-state index in [2.05, 4.69) is 13.0 Å². The molecule has 3 fully saturated rings. The number of carbonyl (C=O) groups excluding carboxylic acids is 3. The lowest BCUT2D eigenvalue weighted by Crippen LogP contribution is -2.70. The van der Waals surface area contributed by atoms with Crippen molar-refractivity contribution in [2.75, 3.05) is 6.61 Å². The number of hydrogen-bond donors (Lipinski definition) is 1. The second-order valence-electron chi connectivity index (χ2n) is 11.7. The van der Waals surface area contributed by atoms with Crippen LogP contribution in [-0.2, 0) is 23.9 Å². The Morgan fingerprint density at radius 2 is 1.83 bits per heavy atom. The zero-order valence-electron chi connectivity index (χ0n) is 21.8. The van der Waals surface area contributed by atoms with Gasteiger partial charge in [-0.3, -0.25) is 14.4 Å². The van der Waals surface area contributed by atoms with Crippen molar-refractivity contribution in [3.8, 4) is 0 Å². The third-order valence-corrected chi connectivity index (χ3v) is 11.2. The molecule has 1 N–H and O–H groups in total. The fraction of sp³-hybridized carbons (Fsp3) is 0.821. The van der Waals surface area contributed by atoms with Gasteiger partial charge in [-0.15, -0.1) is 11.6 Å². The fourth-order valence-corrected chi connectivity index (χ4v) is 9.11. The first-order valence-electron chi connectivity index (χ1n) is 13.4. The van der Waals surface area contributed by atoms with Gasteiger partial charge in [0, 0.05) is 29.6 Å². The number of alkyl halides is 1. The van der Waals surface area contributed by atoms with Crippen molar-refractivity contribution in [1.82, 2.24) is 0 Å². The van der Waals surface area contributed by atoms with Crippen molar-refractivity contribution < 1.29 is 29.0 Å². The Kier molecular flexibility index (Phi) is 6.98. The Morgan fingerprint density at radius 1 is 1.14 bits per heavy atom. The van der Waals surface area contributed by atoms with Crippen molar-refractivity contribution in [1.29, 1.82) is 0 Å². The van der Waals surface area contributed by atoms with Gasteiger partial charge < -0.3 is 14.6 Å². The molecule has 0 aromatic carbocycles. The topological polar surface area (TPSA) is 89.9 Å². The van der Waals surface area contributed by atoms with E-state index in [4.69, 9.17) is 21.1 Å². The maximum absolute atomic E-state index is 13.9. The van der Waals surface area contributed by atoms with Crippen LogP contribution in [0.3, 0.4) is 0 Å². The smallest absolute Gasteiger partial charge is 0.306 e. The molecule has 0 spiro atoms. The van der Waals surface area contributed by atoms with Crippen molar-refractivity contribution in [3.05, 3.63) is 11.6 Å². The molecule has 7 heteroatoms. The van der Waals surface area contributed by atoms with Gasteiger partial charge in [-0.2, -0.15) is 0 Å². The summed E-state index contributed by atoms with van der Waals surface area (Å²) in [6, 6.07) is 0. The molecule has 0 heterocycles. The predicted octanol–water partition coefficient (Wildman–Crippen LogP) is 5.13. The molecule has 0 amide bonds. The van der Waals surface area contributed by atoms with Gasteiger partial charge in [0.05, 0.1) is 11.0 Å². The highest BCUT2D eigenvalue weighted by Gasteiger charge is 2.76. The Bertz CT molecular complexity index is 930. The number of esters is 2. The average molecular weight is 509 g/mol. The highest BCUT2D eigenvalue weighted by atomic mass is 35.5. The minimum atomic E-state index is -1.47. The van der Waals surface area contributed by atoms with Crippen LogP contribution in [0.4, 0.5) is 0 Å². The van der Waals surface area contributed by atoms with Crippen molar-refractivity contribution in [2.45, 2.75) is 109 Å². The number of allylic oxidation sites excluding steroid dienone is 2. The number of rotatable bonds is 6. The molecule has 35 heavy (non-hydrogen) atoms. The van der Waals surface area contributed by atoms with Gasteiger partial charge in [0.25, 0.3) is 0 Å². The van der Waals surface area contributed by atoms with Crippen LogP contribution in [0, 0.1) is 28.6 Å². The monoisotopic (exact) mass is 508 g/mol. The predicted molar refractivity (Wildman–Crippen MR) is 133 cm³/mol. The molecule has 0 radical (unpaired) electrons. The lowest BCUT2D eigenvalue weighted by molar-refractivity contribution is -0.204. The molecule has 6 nitrogen and oxygen atoms in total. The largest absolute Gasteiger partial charge is 0.457 e. The number of halogens is 1. The number of fused-ring (bicyclic) bond motifs is 5. The summed E-state index contributed by atoms with van der Waals surface area (Å²) in [7, 11) is 0. The maximum atomic E-state index is 13.9. The fourth-order valence-electron chi connectivity index (χ4n) is 8.55. The summed E-state index contributed by atoms with van der Waals surface area (Å²) in [6.07, 6.45) is 7.50. The maximum Gasteiger partial charge on any atom is 0.306 e. The zero-order valence-corrected chi connectivity index (χ0v) is 22.6. The van der Waals surface area contributed by atoms with E-state index in [1.165, 1.54) is 5.57 Å². The molecule has 0 saturated heterocycles. The van der Waals surface area contributed by atoms with Gasteiger partial charge in [-0.1, -0.05) is 46.3 Å². The molecule has 0 aliphatic heterocycles. The standard InChI is InChI=1S/C28H41ClO6/c1-6-23(32)34-16-22(31)28(35-24(33)7-2)17(3)14-20-19-12-11-18-10-8-9-13-25(18,4)27(19,29)21(30)15-26(20,28)5/h10,17,19-21,30H,6-9,11-16H2,1-5H3/t17-,19-,20-,21-,25-,26-,27-,28-/m0/s1. The van der Waals surface area contributed by atoms with Crippen LogP contribution >= 0.6 is 11.6 Å². The van der Waals surface area contributed by atoms with E-state index in [0.717, 1.165) is 32.1 Å². The molecule has 196 valence electrons. The molecule has 4 aliphatic rings. The quantitative estimate of drug-likeness (QED) is 0.304. The Morgan fingerprint density at radius 3 is 2.49 bits per heavy atom. The van der Waals surface area contributed by atoms with Gasteiger partial charge in [-0.25, -0.2) is 0 Å². The number of hydrogen-bond acceptors (Lipinski definition) is 6. The van der Waals surface area contributed by atoms with Crippen LogP contribution in [0.15, 0.2) is 11.6 Å². The van der Waals surface area contributed by atoms with Crippen LogP contribution in [0.2, 0.25) is 0 Å². The third kappa shape index (κ3) is 3.56. The Hall–Kier alpha value is -1.40. The number of aliphatic hydroxyl groups excluding tert-OH is 1. The van der Waals surface area contributed by atoms with Gasteiger partial charge in [-0.05, 0) is 56.8 Å². The molecule has 8 atom stereocenters. The van der Waals surface area contributed by atoms with E-state index in [0.29, 0.717) is 6.42 Å². The van der Waals surface area contributed by atoms with Gasteiger partial charge >= 0.3 is 11.9 Å². The van der Waals surface area contributed by atoms with Crippen LogP contribution in [-0.4, -0.2) is 46.0 Å². The Labute approximate surface area is 214 Å². The second-order valence-corrected chi connectivity index (χ2v) is 12.4. The SMILES string of the molecule is CCC(=O)OCC(=O)[C@@]1(OC(=O)CC)[C@@H](C)C[C@H]2[C@@H]3CCC4=CCCC[C@]4(C)[C@@]3(Cl)[C@@H](O)C[C@@]21C. The lowest BCUT2D eigenvalue weighted by atomic mass is 9.44. The van der Waals surface area contributed by atoms with Gasteiger partial charge in [0.2, 0.25) is 5.78 Å². The first-order chi connectivity index (χ1) is 16.4. The lowest BCUT2D eigenvalue weighted by Gasteiger charge is -2.65. The van der Waals surface area contributed by atoms with E-state index < -0.39 is 46.3 Å². The molecule has 0 aromatic rings. The highest BCUT2D eigenvalue weighted by Crippen LogP contribution is 2.72. The third-order valence-electron chi connectivity index (χ3n) is 10.3. The number of ketones is 1. The second kappa shape index (κ2) is 9.16. The normalized spacial score (nSPS) is 44.4. The molecule has 3 saturated carbocycles. The molecule has 4 rings (SSSR count). The average Bonchev–Trinajstić information content (AvgIpc) is 3.04. The summed E-state index contributed by atoms with van der Waals surface area (Å²) in [5, 5.41) is 11.8. The van der Waals surface area contributed by atoms with E-state index in [1.807, 2.05) is 13.8 Å². The molecular formula is C28H41ClO6. The van der Waals surface area contributed by atoms with Crippen LogP contribution in [0.5, 0.6) is 0 Å². The summed E-state index contributed by atoms with van der Waals surface area (Å²) in [6.45, 7) is 9.08. The van der Waals surface area contributed by atoms with Crippen LogP contribution in [0.25, 0.3) is 0 Å². The first-order valence-corrected chi connectivity index (χ1v) is 13.8. The zero-order chi connectivity index (χ0) is 25.8. The van der Waals surface area contributed by atoms with Crippen molar-refractivity contribution in [3.63, 3.8) is 0 Å². The summed E-state index contributed by atoms with van der Waals surface area (Å²) in [5.41, 5.74) is -1.23. The van der Waals surface area contributed by atoms with E-state index >= 15 is 0 Å². The Balaban J connectivity index is 1.79. The molecule has 0 bridgehead atoms. The molecule has 4 aliphatic carbocycles. The van der Waals surface area contributed by atoms with Crippen LogP contribution < -0.4 is 0 Å². The van der Waals surface area contributed by atoms with Gasteiger partial charge in [0.15, 0.2) is 12.2 Å². The van der Waals surface area contributed by atoms with E-state index in [9.17, 15) is 19.5 Å². The minimum absolute atomic E-state index is 0.00538. The number of aliphatic hydroxyl groups is 1. The summed E-state index contributed by atoms with van der Waals surface area (Å²) < 4.78 is 11.4. The highest BCUT2D eigenvalue weighted by molar-refractivity contribution is 6.25. The number of Topliss-reactive ketones (excluding diaryl/α,β-unsaturated/α-hetero) is 1. The van der Waals surface area contributed by atoms with Crippen LogP contribution in [0.1, 0.15) is 92.4 Å². The summed E-state index contributed by atoms with van der Waals surface area (Å²) >= 11 is 7.59. The summed E-state index contributed by atoms with van der Waals surface area (Å²) in [4.78, 5) is 37.6. The van der Waals surface area contributed by atoms with Gasteiger partial charge in [0.1, 0.15) is 0 Å². The van der Waals surface area contributed by atoms with E-state index in [1.54, 1.807) is 13.8 Å². The van der Waals surface area contributed by atoms with Crippen molar-refractivity contribution >= 4 is 29.3 Å². The number of ether oxygens (including phenoxy) is 2. The summed E-state index contributed by atoms with van der Waals surface area (Å²) in [5.74, 6) is -1.64. The number of carbonyl (C=O) groups is 3. The molecule has 0 aromatic heterocycles. The first kappa shape index (κ1) is 26.7. The molecular weight excluding hydrogens is 468 g/mol. The van der Waals surface area contributed by atoms with Crippen molar-refractivity contribution in [2.24, 2.45) is 28.6 Å². The molecule has 0 unspecified atom stereocenters.